The second-order valence-corrected chi connectivity index (χ2v) is 6.25. The van der Waals surface area contributed by atoms with E-state index in [1.165, 1.54) is 24.7 Å². The molecular weight excluding hydrogens is 312 g/mol. The van der Waals surface area contributed by atoms with Crippen LogP contribution >= 0.6 is 12.2 Å². The average Bonchev–Trinajstić information content (AvgIpc) is 2.92. The lowest BCUT2D eigenvalue weighted by Crippen LogP contribution is -2.28. The van der Waals surface area contributed by atoms with Gasteiger partial charge in [0.05, 0.1) is 6.54 Å². The molecule has 10 heteroatoms. The van der Waals surface area contributed by atoms with Crippen LogP contribution in [0, 0.1) is 0 Å². The number of nitrogens with two attached hydrogens (primary N) is 1. The highest BCUT2D eigenvalue weighted by Crippen LogP contribution is 2.13. The Morgan fingerprint density at radius 2 is 2.29 bits per heavy atom. The van der Waals surface area contributed by atoms with Gasteiger partial charge in [0.2, 0.25) is 10.0 Å². The molecule has 2 aromatic rings. The number of hydrogen-bond donors (Lipinski definition) is 2. The van der Waals surface area contributed by atoms with E-state index in [-0.39, 0.29) is 22.1 Å². The maximum Gasteiger partial charge on any atom is 0.243 e. The van der Waals surface area contributed by atoms with E-state index in [2.05, 4.69) is 19.9 Å². The molecule has 21 heavy (non-hydrogen) atoms. The molecule has 0 amide bonds. The smallest absolute Gasteiger partial charge is 0.243 e. The third-order valence-corrected chi connectivity index (χ3v) is 4.38. The first-order valence-corrected chi connectivity index (χ1v) is 7.96. The number of rotatable bonds is 6. The maximum atomic E-state index is 12.3. The van der Waals surface area contributed by atoms with Crippen molar-refractivity contribution in [1.29, 1.82) is 0 Å². The van der Waals surface area contributed by atoms with Crippen LogP contribution in [0.1, 0.15) is 18.4 Å². The minimum absolute atomic E-state index is 0.0157. The van der Waals surface area contributed by atoms with Crippen molar-refractivity contribution in [2.75, 3.05) is 0 Å². The fourth-order valence-electron chi connectivity index (χ4n) is 1.71. The molecule has 8 nitrogen and oxygen atoms in total. The fraction of sp³-hybridized carbons (Fsp3) is 0.273. The van der Waals surface area contributed by atoms with Gasteiger partial charge in [0.1, 0.15) is 27.7 Å². The first-order chi connectivity index (χ1) is 9.95. The van der Waals surface area contributed by atoms with E-state index in [4.69, 9.17) is 18.0 Å². The van der Waals surface area contributed by atoms with Gasteiger partial charge in [-0.05, 0) is 19.1 Å². The van der Waals surface area contributed by atoms with Crippen molar-refractivity contribution < 1.29 is 8.42 Å². The molecule has 112 valence electrons. The number of nitrogens with one attached hydrogen (secondary N) is 1. The molecule has 2 aromatic heterocycles. The molecule has 0 saturated heterocycles. The van der Waals surface area contributed by atoms with Gasteiger partial charge in [-0.15, -0.1) is 10.2 Å². The molecule has 3 N–H and O–H groups in total. The Bertz CT molecular complexity index is 756. The van der Waals surface area contributed by atoms with Crippen molar-refractivity contribution in [3.63, 3.8) is 0 Å². The monoisotopic (exact) mass is 326 g/mol. The average molecular weight is 326 g/mol. The van der Waals surface area contributed by atoms with Crippen LogP contribution in [0.2, 0.25) is 0 Å². The molecule has 0 aromatic carbocycles. The summed E-state index contributed by atoms with van der Waals surface area (Å²) in [5.41, 5.74) is 5.56. The molecule has 0 radical (unpaired) electrons. The van der Waals surface area contributed by atoms with Gasteiger partial charge in [0, 0.05) is 12.7 Å². The van der Waals surface area contributed by atoms with E-state index in [0.29, 0.717) is 12.4 Å². The van der Waals surface area contributed by atoms with Gasteiger partial charge in [0.25, 0.3) is 0 Å². The Labute approximate surface area is 127 Å². The first-order valence-electron chi connectivity index (χ1n) is 6.07. The minimum atomic E-state index is -3.80. The van der Waals surface area contributed by atoms with E-state index in [9.17, 15) is 8.42 Å². The van der Waals surface area contributed by atoms with Crippen molar-refractivity contribution in [2.45, 2.75) is 24.9 Å². The molecule has 0 fully saturated rings. The zero-order valence-electron chi connectivity index (χ0n) is 11.2. The van der Waals surface area contributed by atoms with Crippen LogP contribution in [0.25, 0.3) is 0 Å². The summed E-state index contributed by atoms with van der Waals surface area (Å²) in [7, 11) is -3.80. The van der Waals surface area contributed by atoms with E-state index < -0.39 is 10.0 Å². The van der Waals surface area contributed by atoms with Crippen LogP contribution in [-0.2, 0) is 23.1 Å². The lowest BCUT2D eigenvalue weighted by molar-refractivity contribution is 0.574. The number of aromatic nitrogens is 4. The Kier molecular flexibility index (Phi) is 4.60. The summed E-state index contributed by atoms with van der Waals surface area (Å²) in [6.45, 7) is 2.57. The van der Waals surface area contributed by atoms with Gasteiger partial charge < -0.3 is 10.3 Å². The standard InChI is InChI=1S/C11H14N6O2S2/c1-2-17-7-14-16-9(17)6-15-21(18,19)8-4-3-5-13-10(8)11(12)20/h3-5,7,15H,2,6H2,1H3,(H2,12,20). The van der Waals surface area contributed by atoms with Crippen molar-refractivity contribution in [3.05, 3.63) is 36.2 Å². The summed E-state index contributed by atoms with van der Waals surface area (Å²) in [6.07, 6.45) is 2.97. The summed E-state index contributed by atoms with van der Waals surface area (Å²) >= 11 is 4.82. The van der Waals surface area contributed by atoms with Gasteiger partial charge in [0.15, 0.2) is 0 Å². The molecule has 0 aliphatic carbocycles. The van der Waals surface area contributed by atoms with Crippen LogP contribution in [-0.4, -0.2) is 33.2 Å². The van der Waals surface area contributed by atoms with Crippen LogP contribution < -0.4 is 10.5 Å². The van der Waals surface area contributed by atoms with E-state index in [1.807, 2.05) is 6.92 Å². The number of aryl methyl sites for hydroxylation is 1. The molecule has 2 rings (SSSR count). The Morgan fingerprint density at radius 1 is 1.52 bits per heavy atom. The second-order valence-electron chi connectivity index (χ2n) is 4.07. The van der Waals surface area contributed by atoms with Crippen molar-refractivity contribution in [3.8, 4) is 0 Å². The quantitative estimate of drug-likeness (QED) is 0.707. The molecule has 0 atom stereocenters. The Balaban J connectivity index is 2.25. The molecule has 0 aliphatic heterocycles. The maximum absolute atomic E-state index is 12.3. The second kappa shape index (κ2) is 6.24. The SMILES string of the molecule is CCn1cnnc1CNS(=O)(=O)c1cccnc1C(N)=S. The highest BCUT2D eigenvalue weighted by molar-refractivity contribution is 7.89. The molecule has 2 heterocycles. The lowest BCUT2D eigenvalue weighted by atomic mass is 10.3. The summed E-state index contributed by atoms with van der Waals surface area (Å²) in [5, 5.41) is 7.60. The van der Waals surface area contributed by atoms with Gasteiger partial charge >= 0.3 is 0 Å². The largest absolute Gasteiger partial charge is 0.388 e. The third-order valence-electron chi connectivity index (χ3n) is 2.75. The Hall–Kier alpha value is -1.91. The third kappa shape index (κ3) is 3.40. The number of thiocarbonyl (C=S) groups is 1. The van der Waals surface area contributed by atoms with Crippen LogP contribution in [0.5, 0.6) is 0 Å². The highest BCUT2D eigenvalue weighted by Gasteiger charge is 2.21. The van der Waals surface area contributed by atoms with Gasteiger partial charge in [-0.3, -0.25) is 4.98 Å². The van der Waals surface area contributed by atoms with Crippen molar-refractivity contribution >= 4 is 27.2 Å². The normalized spacial score (nSPS) is 11.5. The summed E-state index contributed by atoms with van der Waals surface area (Å²) in [5.74, 6) is 0.516. The van der Waals surface area contributed by atoms with Crippen molar-refractivity contribution in [1.82, 2.24) is 24.5 Å². The molecule has 0 unspecified atom stereocenters. The molecule has 0 saturated carbocycles. The Morgan fingerprint density at radius 3 is 2.95 bits per heavy atom. The topological polar surface area (TPSA) is 116 Å². The number of nitrogens with zero attached hydrogens (tertiary/aromatic N) is 4. The van der Waals surface area contributed by atoms with Crippen LogP contribution in [0.3, 0.4) is 0 Å². The zero-order chi connectivity index (χ0) is 15.5. The number of hydrogen-bond acceptors (Lipinski definition) is 6. The molecule has 0 bridgehead atoms. The van der Waals surface area contributed by atoms with E-state index >= 15 is 0 Å². The summed E-state index contributed by atoms with van der Waals surface area (Å²) < 4.78 is 28.8. The lowest BCUT2D eigenvalue weighted by Gasteiger charge is -2.09. The van der Waals surface area contributed by atoms with E-state index in [0.717, 1.165) is 0 Å². The molecule has 0 aliphatic rings. The van der Waals surface area contributed by atoms with Crippen molar-refractivity contribution in [2.24, 2.45) is 5.73 Å². The predicted molar refractivity (Wildman–Crippen MR) is 79.8 cm³/mol. The van der Waals surface area contributed by atoms with Gasteiger partial charge in [-0.25, -0.2) is 13.1 Å². The minimum Gasteiger partial charge on any atom is -0.388 e. The van der Waals surface area contributed by atoms with Gasteiger partial charge in [-0.1, -0.05) is 12.2 Å². The zero-order valence-corrected chi connectivity index (χ0v) is 12.9. The highest BCUT2D eigenvalue weighted by atomic mass is 32.2. The summed E-state index contributed by atoms with van der Waals surface area (Å²) in [6, 6.07) is 2.90. The first kappa shape index (κ1) is 15.5. The fourth-order valence-corrected chi connectivity index (χ4v) is 3.09. The molecular formula is C11H14N6O2S2. The van der Waals surface area contributed by atoms with E-state index in [1.54, 1.807) is 4.57 Å². The number of pyridine rings is 1. The predicted octanol–water partition coefficient (Wildman–Crippen LogP) is -0.194. The molecule has 0 spiro atoms. The van der Waals surface area contributed by atoms with Gasteiger partial charge in [-0.2, -0.15) is 0 Å². The summed E-state index contributed by atoms with van der Waals surface area (Å²) in [4.78, 5) is 3.77. The number of sulfonamides is 1. The van der Waals surface area contributed by atoms with Crippen LogP contribution in [0.15, 0.2) is 29.6 Å². The van der Waals surface area contributed by atoms with Crippen LogP contribution in [0.4, 0.5) is 0 Å².